The lowest BCUT2D eigenvalue weighted by atomic mass is 9.83. The van der Waals surface area contributed by atoms with Crippen LogP contribution in [0.5, 0.6) is 0 Å². The summed E-state index contributed by atoms with van der Waals surface area (Å²) in [6.45, 7) is 4.24. The third kappa shape index (κ3) is 4.44. The van der Waals surface area contributed by atoms with E-state index < -0.39 is 0 Å². The van der Waals surface area contributed by atoms with Crippen molar-refractivity contribution in [1.29, 1.82) is 0 Å². The predicted molar refractivity (Wildman–Crippen MR) is 78.5 cm³/mol. The summed E-state index contributed by atoms with van der Waals surface area (Å²) in [4.78, 5) is 0. The van der Waals surface area contributed by atoms with Crippen LogP contribution in [0, 0.1) is 0 Å². The van der Waals surface area contributed by atoms with Gasteiger partial charge in [-0.25, -0.2) is 0 Å². The maximum absolute atomic E-state index is 6.61. The standard InChI is InChI=1S/C16H31NO2/c1-3-17-13-16(10-5-4-6-11-16)19-15-9-7-8-14(12-15)18-2/h14-15,17H,3-13H2,1-2H3. The minimum Gasteiger partial charge on any atom is -0.381 e. The molecular weight excluding hydrogens is 238 g/mol. The fraction of sp³-hybridized carbons (Fsp3) is 1.00. The van der Waals surface area contributed by atoms with Gasteiger partial charge >= 0.3 is 0 Å². The molecule has 2 aliphatic carbocycles. The van der Waals surface area contributed by atoms with Gasteiger partial charge < -0.3 is 14.8 Å². The highest BCUT2D eigenvalue weighted by Gasteiger charge is 2.36. The molecule has 19 heavy (non-hydrogen) atoms. The van der Waals surface area contributed by atoms with Crippen LogP contribution in [-0.2, 0) is 9.47 Å². The van der Waals surface area contributed by atoms with Crippen molar-refractivity contribution < 1.29 is 9.47 Å². The molecule has 0 bridgehead atoms. The molecule has 0 aromatic rings. The first-order chi connectivity index (χ1) is 9.28. The molecule has 0 radical (unpaired) electrons. The van der Waals surface area contributed by atoms with E-state index in [0.29, 0.717) is 12.2 Å². The van der Waals surface area contributed by atoms with Gasteiger partial charge in [-0.05, 0) is 45.1 Å². The van der Waals surface area contributed by atoms with Gasteiger partial charge in [-0.15, -0.1) is 0 Å². The summed E-state index contributed by atoms with van der Waals surface area (Å²) in [5, 5.41) is 3.52. The first-order valence-electron chi connectivity index (χ1n) is 8.19. The van der Waals surface area contributed by atoms with Crippen molar-refractivity contribution >= 4 is 0 Å². The van der Waals surface area contributed by atoms with Gasteiger partial charge in [0.1, 0.15) is 0 Å². The highest BCUT2D eigenvalue weighted by molar-refractivity contribution is 4.89. The van der Waals surface area contributed by atoms with Gasteiger partial charge in [0.25, 0.3) is 0 Å². The lowest BCUT2D eigenvalue weighted by molar-refractivity contribution is -0.136. The highest BCUT2D eigenvalue weighted by Crippen LogP contribution is 2.35. The summed E-state index contributed by atoms with van der Waals surface area (Å²) < 4.78 is 12.1. The molecule has 0 amide bonds. The van der Waals surface area contributed by atoms with E-state index in [0.717, 1.165) is 19.5 Å². The van der Waals surface area contributed by atoms with E-state index in [9.17, 15) is 0 Å². The summed E-state index contributed by atoms with van der Waals surface area (Å²) in [5.41, 5.74) is 0.106. The zero-order chi connectivity index (χ0) is 13.6. The predicted octanol–water partition coefficient (Wildman–Crippen LogP) is 3.27. The van der Waals surface area contributed by atoms with Crippen molar-refractivity contribution in [1.82, 2.24) is 5.32 Å². The Balaban J connectivity index is 1.90. The number of hydrogen-bond acceptors (Lipinski definition) is 3. The first kappa shape index (κ1) is 15.3. The van der Waals surface area contributed by atoms with Gasteiger partial charge in [0.15, 0.2) is 0 Å². The quantitative estimate of drug-likeness (QED) is 0.803. The molecular formula is C16H31NO2. The molecule has 2 fully saturated rings. The summed E-state index contributed by atoms with van der Waals surface area (Å²) in [6, 6.07) is 0. The van der Waals surface area contributed by atoms with Gasteiger partial charge in [0.05, 0.1) is 17.8 Å². The summed E-state index contributed by atoms with van der Waals surface area (Å²) in [7, 11) is 1.84. The van der Waals surface area contributed by atoms with Crippen LogP contribution in [0.1, 0.15) is 64.7 Å². The van der Waals surface area contributed by atoms with Crippen molar-refractivity contribution in [3.8, 4) is 0 Å². The third-order valence-electron chi connectivity index (χ3n) is 4.79. The first-order valence-corrected chi connectivity index (χ1v) is 8.19. The van der Waals surface area contributed by atoms with Gasteiger partial charge in [-0.2, -0.15) is 0 Å². The smallest absolute Gasteiger partial charge is 0.0810 e. The second-order valence-electron chi connectivity index (χ2n) is 6.29. The van der Waals surface area contributed by atoms with Crippen molar-refractivity contribution in [3.63, 3.8) is 0 Å². The molecule has 2 rings (SSSR count). The van der Waals surface area contributed by atoms with E-state index in [1.54, 1.807) is 0 Å². The van der Waals surface area contributed by atoms with Gasteiger partial charge in [-0.1, -0.05) is 26.2 Å². The Morgan fingerprint density at radius 2 is 1.79 bits per heavy atom. The van der Waals surface area contributed by atoms with Crippen LogP contribution in [0.4, 0.5) is 0 Å². The molecule has 2 aliphatic rings. The van der Waals surface area contributed by atoms with Crippen molar-refractivity contribution in [2.45, 2.75) is 82.5 Å². The van der Waals surface area contributed by atoms with Crippen LogP contribution in [0.25, 0.3) is 0 Å². The Bertz CT molecular complexity index is 251. The molecule has 0 aromatic carbocycles. The average molecular weight is 269 g/mol. The minimum atomic E-state index is 0.106. The van der Waals surface area contributed by atoms with E-state index in [1.807, 2.05) is 7.11 Å². The molecule has 0 saturated heterocycles. The molecule has 112 valence electrons. The van der Waals surface area contributed by atoms with Crippen molar-refractivity contribution in [2.24, 2.45) is 0 Å². The summed E-state index contributed by atoms with van der Waals surface area (Å²) in [6.07, 6.45) is 12.1. The van der Waals surface area contributed by atoms with E-state index in [-0.39, 0.29) is 5.60 Å². The molecule has 2 unspecified atom stereocenters. The maximum Gasteiger partial charge on any atom is 0.0810 e. The Morgan fingerprint density at radius 3 is 2.47 bits per heavy atom. The van der Waals surface area contributed by atoms with Gasteiger partial charge in [-0.3, -0.25) is 0 Å². The average Bonchev–Trinajstić information content (AvgIpc) is 2.46. The topological polar surface area (TPSA) is 30.5 Å². The van der Waals surface area contributed by atoms with Crippen molar-refractivity contribution in [2.75, 3.05) is 20.2 Å². The molecule has 3 heteroatoms. The lowest BCUT2D eigenvalue weighted by Crippen LogP contribution is -2.48. The second kappa shape index (κ2) is 7.61. The van der Waals surface area contributed by atoms with E-state index in [4.69, 9.17) is 9.47 Å². The Labute approximate surface area is 118 Å². The monoisotopic (exact) mass is 269 g/mol. The van der Waals surface area contributed by atoms with Crippen LogP contribution < -0.4 is 5.32 Å². The number of hydrogen-bond donors (Lipinski definition) is 1. The number of likely N-dealkylation sites (N-methyl/N-ethyl adjacent to an activating group) is 1. The molecule has 1 N–H and O–H groups in total. The van der Waals surface area contributed by atoms with E-state index >= 15 is 0 Å². The minimum absolute atomic E-state index is 0.106. The van der Waals surface area contributed by atoms with E-state index in [2.05, 4.69) is 12.2 Å². The van der Waals surface area contributed by atoms with Crippen LogP contribution in [0.15, 0.2) is 0 Å². The Morgan fingerprint density at radius 1 is 1.05 bits per heavy atom. The van der Waals surface area contributed by atoms with Crippen LogP contribution in [0.3, 0.4) is 0 Å². The van der Waals surface area contributed by atoms with Gasteiger partial charge in [0, 0.05) is 13.7 Å². The number of methoxy groups -OCH3 is 1. The zero-order valence-electron chi connectivity index (χ0n) is 12.7. The molecule has 0 aliphatic heterocycles. The number of rotatable bonds is 6. The highest BCUT2D eigenvalue weighted by atomic mass is 16.5. The fourth-order valence-corrected chi connectivity index (χ4v) is 3.66. The largest absolute Gasteiger partial charge is 0.381 e. The number of nitrogens with one attached hydrogen (secondary N) is 1. The number of ether oxygens (including phenoxy) is 2. The van der Waals surface area contributed by atoms with Crippen LogP contribution in [0.2, 0.25) is 0 Å². The normalized spacial score (nSPS) is 31.3. The zero-order valence-corrected chi connectivity index (χ0v) is 12.7. The fourth-order valence-electron chi connectivity index (χ4n) is 3.66. The molecule has 2 atom stereocenters. The molecule has 2 saturated carbocycles. The Hall–Kier alpha value is -0.120. The second-order valence-corrected chi connectivity index (χ2v) is 6.29. The summed E-state index contributed by atoms with van der Waals surface area (Å²) >= 11 is 0. The van der Waals surface area contributed by atoms with Gasteiger partial charge in [0.2, 0.25) is 0 Å². The molecule has 3 nitrogen and oxygen atoms in total. The van der Waals surface area contributed by atoms with Crippen LogP contribution in [-0.4, -0.2) is 38.0 Å². The molecule has 0 heterocycles. The third-order valence-corrected chi connectivity index (χ3v) is 4.79. The molecule has 0 spiro atoms. The van der Waals surface area contributed by atoms with E-state index in [1.165, 1.54) is 51.4 Å². The van der Waals surface area contributed by atoms with Crippen LogP contribution >= 0.6 is 0 Å². The maximum atomic E-state index is 6.61. The molecule has 0 aromatic heterocycles. The van der Waals surface area contributed by atoms with Crippen molar-refractivity contribution in [3.05, 3.63) is 0 Å². The SMILES string of the molecule is CCNCC1(OC2CCCC(OC)C2)CCCCC1. The lowest BCUT2D eigenvalue weighted by Gasteiger charge is -2.42. The summed E-state index contributed by atoms with van der Waals surface area (Å²) in [5.74, 6) is 0. The Kier molecular flexibility index (Phi) is 6.11.